The molecule has 0 aromatic heterocycles. The Morgan fingerprint density at radius 2 is 1.34 bits per heavy atom. The summed E-state index contributed by atoms with van der Waals surface area (Å²) in [6.45, 7) is 2.32. The number of nitrogens with two attached hydrogens (primary N) is 2. The Kier molecular flexibility index (Phi) is 8.53. The highest BCUT2D eigenvalue weighted by Crippen LogP contribution is 2.43. The molecule has 6 N–H and O–H groups in total. The van der Waals surface area contributed by atoms with Crippen molar-refractivity contribution in [3.8, 4) is 0 Å². The number of nitrogens with one attached hydrogen (secondary N) is 2. The molecule has 0 saturated carbocycles. The number of carbonyl (C=O) groups excluding carboxylic acids is 2. The summed E-state index contributed by atoms with van der Waals surface area (Å²) in [5.41, 5.74) is 15.9. The van der Waals surface area contributed by atoms with E-state index in [9.17, 15) is 9.59 Å². The summed E-state index contributed by atoms with van der Waals surface area (Å²) in [5, 5.41) is 6.09. The molecule has 212 valence electrons. The van der Waals surface area contributed by atoms with Crippen molar-refractivity contribution < 1.29 is 9.59 Å². The molecule has 1 aliphatic carbocycles. The Morgan fingerprint density at radius 3 is 1.85 bits per heavy atom. The number of carbonyl (C=O) groups is 2. The third kappa shape index (κ3) is 6.69. The smallest absolute Gasteiger partial charge is 0.321 e. The fourth-order valence-corrected chi connectivity index (χ4v) is 5.62. The summed E-state index contributed by atoms with van der Waals surface area (Å²) in [6.07, 6.45) is 4.69. The Bertz CT molecular complexity index is 1350. The van der Waals surface area contributed by atoms with E-state index < -0.39 is 0 Å². The van der Waals surface area contributed by atoms with Gasteiger partial charge in [0.25, 0.3) is 0 Å². The molecule has 9 nitrogen and oxygen atoms in total. The van der Waals surface area contributed by atoms with Gasteiger partial charge in [0.05, 0.1) is 5.69 Å². The summed E-state index contributed by atoms with van der Waals surface area (Å²) in [5.74, 6) is 0.00230. The number of allylic oxidation sites excluding steroid dienone is 2. The van der Waals surface area contributed by atoms with Gasteiger partial charge in [0.1, 0.15) is 0 Å². The third-order valence-electron chi connectivity index (χ3n) is 7.93. The van der Waals surface area contributed by atoms with Crippen molar-refractivity contribution in [2.75, 3.05) is 26.2 Å². The first kappa shape index (κ1) is 27.8. The molecular weight excluding hydrogens is 514 g/mol. The van der Waals surface area contributed by atoms with Crippen molar-refractivity contribution in [1.82, 2.24) is 20.4 Å². The van der Waals surface area contributed by atoms with E-state index in [0.717, 1.165) is 30.5 Å². The number of rotatable bonds is 6. The van der Waals surface area contributed by atoms with Gasteiger partial charge in [0.15, 0.2) is 5.96 Å². The van der Waals surface area contributed by atoms with Gasteiger partial charge >= 0.3 is 12.1 Å². The predicted octanol–water partition coefficient (Wildman–Crippen LogP) is 4.18. The number of urea groups is 2. The van der Waals surface area contributed by atoms with Gasteiger partial charge in [-0.1, -0.05) is 78.9 Å². The quantitative estimate of drug-likeness (QED) is 0.271. The second-order valence-corrected chi connectivity index (χ2v) is 10.5. The molecule has 1 heterocycles. The van der Waals surface area contributed by atoms with E-state index in [2.05, 4.69) is 70.2 Å². The summed E-state index contributed by atoms with van der Waals surface area (Å²) < 4.78 is 0. The van der Waals surface area contributed by atoms with Gasteiger partial charge in [-0.25, -0.2) is 14.6 Å². The minimum absolute atomic E-state index is 0.00230. The van der Waals surface area contributed by atoms with Crippen molar-refractivity contribution in [1.29, 1.82) is 0 Å². The van der Waals surface area contributed by atoms with Gasteiger partial charge in [-0.15, -0.1) is 0 Å². The molecule has 1 fully saturated rings. The number of amides is 4. The fourth-order valence-electron chi connectivity index (χ4n) is 5.62. The Hall–Kier alpha value is -4.79. The van der Waals surface area contributed by atoms with E-state index in [1.807, 2.05) is 24.3 Å². The standard InChI is InChI=1S/C32H37N7O2/c33-29(34)36-27-13-11-24(12-14-27)23-35-30(40)38-19-21-39(22-20-38)31(41)37-28-15-17-32(18-16-28,25-7-3-1-4-8-25)26-9-5-2-6-10-26/h1-15H,16-23H2,(H,35,40)(H,37,41)(H4,33,34,36). The molecule has 1 aliphatic heterocycles. The maximum atomic E-state index is 13.1. The molecular formula is C32H37N7O2. The van der Waals surface area contributed by atoms with Gasteiger partial charge in [-0.05, 0) is 48.1 Å². The van der Waals surface area contributed by atoms with Crippen molar-refractivity contribution in [3.63, 3.8) is 0 Å². The van der Waals surface area contributed by atoms with Crippen LogP contribution < -0.4 is 22.1 Å². The highest BCUT2D eigenvalue weighted by atomic mass is 16.2. The number of aliphatic imine (C=N–C) groups is 1. The predicted molar refractivity (Wildman–Crippen MR) is 161 cm³/mol. The van der Waals surface area contributed by atoms with Crippen molar-refractivity contribution in [2.24, 2.45) is 16.5 Å². The lowest BCUT2D eigenvalue weighted by molar-refractivity contribution is 0.143. The lowest BCUT2D eigenvalue weighted by atomic mass is 9.67. The number of guanidine groups is 1. The molecule has 5 rings (SSSR count). The molecule has 9 heteroatoms. The average molecular weight is 552 g/mol. The van der Waals surface area contributed by atoms with Crippen LogP contribution in [0.1, 0.15) is 36.0 Å². The number of hydrogen-bond donors (Lipinski definition) is 4. The van der Waals surface area contributed by atoms with Crippen LogP contribution in [0.15, 0.2) is 102 Å². The second kappa shape index (κ2) is 12.6. The van der Waals surface area contributed by atoms with E-state index in [1.54, 1.807) is 21.9 Å². The summed E-state index contributed by atoms with van der Waals surface area (Å²) in [4.78, 5) is 33.3. The van der Waals surface area contributed by atoms with Crippen LogP contribution in [-0.2, 0) is 12.0 Å². The summed E-state index contributed by atoms with van der Waals surface area (Å²) in [6, 6.07) is 28.3. The molecule has 4 amide bonds. The number of piperazine rings is 1. The highest BCUT2D eigenvalue weighted by molar-refractivity contribution is 5.79. The molecule has 0 atom stereocenters. The van der Waals surface area contributed by atoms with E-state index in [0.29, 0.717) is 38.4 Å². The average Bonchev–Trinajstić information content (AvgIpc) is 3.01. The Morgan fingerprint density at radius 1 is 0.780 bits per heavy atom. The van der Waals surface area contributed by atoms with Gasteiger partial charge in [0.2, 0.25) is 0 Å². The first-order chi connectivity index (χ1) is 19.9. The van der Waals surface area contributed by atoms with E-state index in [1.165, 1.54) is 11.1 Å². The van der Waals surface area contributed by atoms with E-state index in [4.69, 9.17) is 11.5 Å². The Labute approximate surface area is 240 Å². The maximum absolute atomic E-state index is 13.1. The third-order valence-corrected chi connectivity index (χ3v) is 7.93. The second-order valence-electron chi connectivity index (χ2n) is 10.5. The number of hydrogen-bond acceptors (Lipinski definition) is 3. The molecule has 0 unspecified atom stereocenters. The van der Waals surface area contributed by atoms with Crippen LogP contribution in [0.5, 0.6) is 0 Å². The van der Waals surface area contributed by atoms with Crippen LogP contribution in [0.25, 0.3) is 0 Å². The minimum atomic E-state index is -0.147. The molecule has 0 radical (unpaired) electrons. The SMILES string of the molecule is NC(N)=Nc1ccc(CNC(=O)N2CCN(C(=O)NC3=CCC(c4ccccc4)(c4ccccc4)CC3)CC2)cc1. The Balaban J connectivity index is 1.12. The summed E-state index contributed by atoms with van der Waals surface area (Å²) >= 11 is 0. The van der Waals surface area contributed by atoms with E-state index >= 15 is 0 Å². The fraction of sp³-hybridized carbons (Fsp3) is 0.281. The van der Waals surface area contributed by atoms with Gasteiger partial charge < -0.3 is 31.9 Å². The van der Waals surface area contributed by atoms with Crippen molar-refractivity contribution in [3.05, 3.63) is 113 Å². The topological polar surface area (TPSA) is 129 Å². The molecule has 0 bridgehead atoms. The van der Waals surface area contributed by atoms with Crippen LogP contribution >= 0.6 is 0 Å². The lowest BCUT2D eigenvalue weighted by Crippen LogP contribution is -2.55. The van der Waals surface area contributed by atoms with Crippen LogP contribution in [0.3, 0.4) is 0 Å². The maximum Gasteiger partial charge on any atom is 0.321 e. The molecule has 0 spiro atoms. The molecule has 3 aromatic carbocycles. The zero-order valence-corrected chi connectivity index (χ0v) is 23.1. The van der Waals surface area contributed by atoms with Crippen molar-refractivity contribution in [2.45, 2.75) is 31.2 Å². The first-order valence-corrected chi connectivity index (χ1v) is 14.0. The summed E-state index contributed by atoms with van der Waals surface area (Å²) in [7, 11) is 0. The molecule has 2 aliphatic rings. The first-order valence-electron chi connectivity index (χ1n) is 14.0. The molecule has 3 aromatic rings. The molecule has 1 saturated heterocycles. The van der Waals surface area contributed by atoms with Crippen LogP contribution in [0.2, 0.25) is 0 Å². The monoisotopic (exact) mass is 551 g/mol. The van der Waals surface area contributed by atoms with Crippen molar-refractivity contribution >= 4 is 23.7 Å². The van der Waals surface area contributed by atoms with Gasteiger partial charge in [-0.2, -0.15) is 0 Å². The van der Waals surface area contributed by atoms with Gasteiger partial charge in [0, 0.05) is 43.8 Å². The zero-order valence-electron chi connectivity index (χ0n) is 23.1. The normalized spacial score (nSPS) is 16.3. The van der Waals surface area contributed by atoms with E-state index in [-0.39, 0.29) is 23.4 Å². The lowest BCUT2D eigenvalue weighted by Gasteiger charge is -2.39. The van der Waals surface area contributed by atoms with Crippen LogP contribution in [-0.4, -0.2) is 54.0 Å². The largest absolute Gasteiger partial charge is 0.370 e. The van der Waals surface area contributed by atoms with Gasteiger partial charge in [-0.3, -0.25) is 0 Å². The van der Waals surface area contributed by atoms with Crippen LogP contribution in [0.4, 0.5) is 15.3 Å². The van der Waals surface area contributed by atoms with Crippen LogP contribution in [0, 0.1) is 0 Å². The minimum Gasteiger partial charge on any atom is -0.370 e. The number of benzene rings is 3. The zero-order chi connectivity index (χ0) is 28.7. The highest BCUT2D eigenvalue weighted by Gasteiger charge is 2.36. The number of nitrogens with zero attached hydrogens (tertiary/aromatic N) is 3. The molecule has 41 heavy (non-hydrogen) atoms.